The van der Waals surface area contributed by atoms with Gasteiger partial charge in [-0.3, -0.25) is 0 Å². The lowest BCUT2D eigenvalue weighted by atomic mass is 10.1. The Kier molecular flexibility index (Phi) is 4.95. The van der Waals surface area contributed by atoms with Crippen molar-refractivity contribution in [3.8, 4) is 0 Å². The Hall–Kier alpha value is -1.11. The van der Waals surface area contributed by atoms with Crippen molar-refractivity contribution in [1.82, 2.24) is 4.31 Å². The molecule has 5 nitrogen and oxygen atoms in total. The van der Waals surface area contributed by atoms with Crippen molar-refractivity contribution in [3.05, 3.63) is 23.3 Å². The molecule has 19 heavy (non-hydrogen) atoms. The van der Waals surface area contributed by atoms with E-state index in [0.717, 1.165) is 0 Å². The predicted octanol–water partition coefficient (Wildman–Crippen LogP) is 1.28. The zero-order valence-electron chi connectivity index (χ0n) is 11.8. The third-order valence-electron chi connectivity index (χ3n) is 2.95. The molecule has 108 valence electrons. The quantitative estimate of drug-likeness (QED) is 0.799. The van der Waals surface area contributed by atoms with Crippen LogP contribution in [-0.2, 0) is 10.0 Å². The van der Waals surface area contributed by atoms with Crippen LogP contribution in [-0.4, -0.2) is 37.0 Å². The van der Waals surface area contributed by atoms with Crippen LogP contribution in [0.1, 0.15) is 25.0 Å². The summed E-state index contributed by atoms with van der Waals surface area (Å²) in [6.45, 7) is 6.92. The minimum atomic E-state index is -3.62. The zero-order chi connectivity index (χ0) is 14.8. The van der Waals surface area contributed by atoms with Gasteiger partial charge in [-0.25, -0.2) is 8.42 Å². The van der Waals surface area contributed by atoms with Gasteiger partial charge < -0.3 is 10.8 Å². The molecule has 0 aliphatic rings. The summed E-state index contributed by atoms with van der Waals surface area (Å²) in [6.07, 6.45) is 0. The van der Waals surface area contributed by atoms with E-state index in [1.54, 1.807) is 39.8 Å². The molecule has 0 bridgehead atoms. The zero-order valence-corrected chi connectivity index (χ0v) is 12.7. The minimum Gasteiger partial charge on any atom is -0.399 e. The topological polar surface area (TPSA) is 83.6 Å². The Bertz CT molecular complexity index is 530. The number of rotatable bonds is 5. The summed E-state index contributed by atoms with van der Waals surface area (Å²) < 4.78 is 26.7. The monoisotopic (exact) mass is 286 g/mol. The molecule has 0 amide bonds. The highest BCUT2D eigenvalue weighted by molar-refractivity contribution is 7.89. The molecule has 1 rings (SSSR count). The summed E-state index contributed by atoms with van der Waals surface area (Å²) in [6, 6.07) is 3.09. The van der Waals surface area contributed by atoms with Gasteiger partial charge in [-0.05, 0) is 51.0 Å². The average molecular weight is 286 g/mol. The molecule has 0 heterocycles. The van der Waals surface area contributed by atoms with Gasteiger partial charge in [-0.1, -0.05) is 0 Å². The number of nitrogen functional groups attached to an aromatic ring is 1. The van der Waals surface area contributed by atoms with Crippen LogP contribution >= 0.6 is 0 Å². The Morgan fingerprint density at radius 2 is 1.74 bits per heavy atom. The largest absolute Gasteiger partial charge is 0.399 e. The molecule has 0 unspecified atom stereocenters. The fraction of sp³-hybridized carbons (Fsp3) is 0.538. The molecule has 0 saturated heterocycles. The summed E-state index contributed by atoms with van der Waals surface area (Å²) in [4.78, 5) is 0.281. The number of hydrogen-bond acceptors (Lipinski definition) is 4. The van der Waals surface area contributed by atoms with E-state index in [1.165, 1.54) is 4.31 Å². The van der Waals surface area contributed by atoms with Crippen molar-refractivity contribution in [2.75, 3.05) is 18.9 Å². The lowest BCUT2D eigenvalue weighted by Crippen LogP contribution is -2.39. The highest BCUT2D eigenvalue weighted by Gasteiger charge is 2.29. The Labute approximate surface area is 115 Å². The lowest BCUT2D eigenvalue weighted by molar-refractivity contribution is 0.236. The molecule has 0 aromatic heterocycles. The molecule has 0 spiro atoms. The van der Waals surface area contributed by atoms with Crippen molar-refractivity contribution in [1.29, 1.82) is 0 Å². The van der Waals surface area contributed by atoms with Gasteiger partial charge in [0.1, 0.15) is 0 Å². The first-order chi connectivity index (χ1) is 8.71. The molecule has 1 aromatic carbocycles. The number of hydrogen-bond donors (Lipinski definition) is 2. The fourth-order valence-electron chi connectivity index (χ4n) is 2.26. The molecular weight excluding hydrogens is 264 g/mol. The van der Waals surface area contributed by atoms with Gasteiger partial charge in [0, 0.05) is 18.3 Å². The first-order valence-electron chi connectivity index (χ1n) is 6.21. The summed E-state index contributed by atoms with van der Waals surface area (Å²) in [7, 11) is -3.62. The highest BCUT2D eigenvalue weighted by Crippen LogP contribution is 2.27. The molecule has 0 aliphatic heterocycles. The Morgan fingerprint density at radius 1 is 1.26 bits per heavy atom. The lowest BCUT2D eigenvalue weighted by Gasteiger charge is -2.26. The number of nitrogens with two attached hydrogens (primary N) is 1. The SMILES string of the molecule is Cc1cc(N)cc(C)c1S(=O)(=O)N(CCO)C(C)C. The van der Waals surface area contributed by atoms with Gasteiger partial charge in [0.15, 0.2) is 0 Å². The maximum atomic E-state index is 12.7. The van der Waals surface area contributed by atoms with Crippen LogP contribution in [0.15, 0.2) is 17.0 Å². The van der Waals surface area contributed by atoms with E-state index >= 15 is 0 Å². The number of aliphatic hydroxyl groups is 1. The first-order valence-corrected chi connectivity index (χ1v) is 7.65. The second kappa shape index (κ2) is 5.90. The molecule has 0 aliphatic carbocycles. The summed E-state index contributed by atoms with van der Waals surface area (Å²) in [5.41, 5.74) is 7.52. The second-order valence-corrected chi connectivity index (χ2v) is 6.74. The molecule has 0 radical (unpaired) electrons. The molecule has 0 saturated carbocycles. The molecule has 3 N–H and O–H groups in total. The van der Waals surface area contributed by atoms with E-state index in [0.29, 0.717) is 16.8 Å². The standard InChI is InChI=1S/C13H22N2O3S/c1-9(2)15(5-6-16)19(17,18)13-10(3)7-12(14)8-11(13)4/h7-9,16H,5-6,14H2,1-4H3. The van der Waals surface area contributed by atoms with Crippen molar-refractivity contribution >= 4 is 15.7 Å². The third-order valence-corrected chi connectivity index (χ3v) is 5.33. The van der Waals surface area contributed by atoms with Crippen LogP contribution in [0.5, 0.6) is 0 Å². The molecular formula is C13H22N2O3S. The predicted molar refractivity (Wildman–Crippen MR) is 76.4 cm³/mol. The van der Waals surface area contributed by atoms with E-state index in [4.69, 9.17) is 10.8 Å². The Morgan fingerprint density at radius 3 is 2.11 bits per heavy atom. The number of benzene rings is 1. The van der Waals surface area contributed by atoms with Crippen LogP contribution in [0.3, 0.4) is 0 Å². The maximum Gasteiger partial charge on any atom is 0.243 e. The van der Waals surface area contributed by atoms with E-state index in [-0.39, 0.29) is 24.1 Å². The average Bonchev–Trinajstić information content (AvgIpc) is 2.22. The van der Waals surface area contributed by atoms with Crippen molar-refractivity contribution in [3.63, 3.8) is 0 Å². The van der Waals surface area contributed by atoms with Crippen LogP contribution in [0.4, 0.5) is 5.69 Å². The van der Waals surface area contributed by atoms with Gasteiger partial charge >= 0.3 is 0 Å². The van der Waals surface area contributed by atoms with Gasteiger partial charge in [0.05, 0.1) is 11.5 Å². The number of nitrogens with zero attached hydrogens (tertiary/aromatic N) is 1. The van der Waals surface area contributed by atoms with Gasteiger partial charge in [0.25, 0.3) is 0 Å². The number of aliphatic hydroxyl groups excluding tert-OH is 1. The summed E-state index contributed by atoms with van der Waals surface area (Å²) in [5.74, 6) is 0. The number of anilines is 1. The Balaban J connectivity index is 3.42. The molecule has 1 aromatic rings. The van der Waals surface area contributed by atoms with Crippen molar-refractivity contribution in [2.45, 2.75) is 38.6 Å². The van der Waals surface area contributed by atoms with Crippen molar-refractivity contribution < 1.29 is 13.5 Å². The fourth-order valence-corrected chi connectivity index (χ4v) is 4.31. The van der Waals surface area contributed by atoms with Gasteiger partial charge in [-0.2, -0.15) is 4.31 Å². The number of sulfonamides is 1. The molecule has 6 heteroatoms. The van der Waals surface area contributed by atoms with Crippen LogP contribution in [0, 0.1) is 13.8 Å². The van der Waals surface area contributed by atoms with E-state index in [2.05, 4.69) is 0 Å². The normalized spacial score (nSPS) is 12.4. The van der Waals surface area contributed by atoms with Crippen LogP contribution < -0.4 is 5.73 Å². The smallest absolute Gasteiger partial charge is 0.243 e. The van der Waals surface area contributed by atoms with Crippen LogP contribution in [0.25, 0.3) is 0 Å². The van der Waals surface area contributed by atoms with Gasteiger partial charge in [0.2, 0.25) is 10.0 Å². The molecule has 0 atom stereocenters. The van der Waals surface area contributed by atoms with E-state index in [9.17, 15) is 8.42 Å². The van der Waals surface area contributed by atoms with Crippen molar-refractivity contribution in [2.24, 2.45) is 0 Å². The van der Waals surface area contributed by atoms with E-state index in [1.807, 2.05) is 0 Å². The summed E-state index contributed by atoms with van der Waals surface area (Å²) >= 11 is 0. The third kappa shape index (κ3) is 3.26. The highest BCUT2D eigenvalue weighted by atomic mass is 32.2. The second-order valence-electron chi connectivity index (χ2n) is 4.92. The first kappa shape index (κ1) is 15.9. The molecule has 0 fully saturated rings. The number of aryl methyl sites for hydroxylation is 2. The summed E-state index contributed by atoms with van der Waals surface area (Å²) in [5, 5.41) is 9.05. The van der Waals surface area contributed by atoms with Crippen LogP contribution in [0.2, 0.25) is 0 Å². The van der Waals surface area contributed by atoms with E-state index < -0.39 is 10.0 Å². The maximum absolute atomic E-state index is 12.7. The minimum absolute atomic E-state index is 0.0866. The van der Waals surface area contributed by atoms with Gasteiger partial charge in [-0.15, -0.1) is 0 Å².